The van der Waals surface area contributed by atoms with Gasteiger partial charge in [0.1, 0.15) is 11.2 Å². The number of aromatic nitrogens is 4. The highest BCUT2D eigenvalue weighted by atomic mass is 32.1. The molecule has 0 N–H and O–H groups in total. The summed E-state index contributed by atoms with van der Waals surface area (Å²) in [6.07, 6.45) is 3.65. The van der Waals surface area contributed by atoms with Gasteiger partial charge in [-0.15, -0.1) is 11.3 Å². The third-order valence-corrected chi connectivity index (χ3v) is 11.6. The number of nitrogens with zero attached hydrogens (tertiary/aromatic N) is 4. The zero-order chi connectivity index (χ0) is 37.0. The van der Waals surface area contributed by atoms with E-state index in [-0.39, 0.29) is 0 Å². The number of pyridine rings is 1. The molecule has 0 spiro atoms. The van der Waals surface area contributed by atoms with Crippen LogP contribution in [0.25, 0.3) is 110 Å². The number of furan rings is 1. The Bertz CT molecular complexity index is 3240. The molecule has 0 aliphatic carbocycles. The molecule has 4 heterocycles. The fourth-order valence-corrected chi connectivity index (χ4v) is 8.93. The van der Waals surface area contributed by atoms with Crippen molar-refractivity contribution in [3.8, 4) is 67.5 Å². The van der Waals surface area contributed by atoms with Gasteiger partial charge in [0, 0.05) is 71.2 Å². The number of hydrogen-bond donors (Lipinski definition) is 0. The molecule has 0 aliphatic heterocycles. The number of fused-ring (bicyclic) bond motifs is 6. The Morgan fingerprint density at radius 2 is 1.02 bits per heavy atom. The first-order chi connectivity index (χ1) is 27.7. The highest BCUT2D eigenvalue weighted by molar-refractivity contribution is 7.25. The van der Waals surface area contributed by atoms with Gasteiger partial charge in [-0.25, -0.2) is 15.0 Å². The van der Waals surface area contributed by atoms with Gasteiger partial charge >= 0.3 is 0 Å². The molecule has 6 heteroatoms. The molecule has 0 radical (unpaired) electrons. The van der Waals surface area contributed by atoms with Crippen LogP contribution in [0.15, 0.2) is 187 Å². The summed E-state index contributed by atoms with van der Waals surface area (Å²) in [4.78, 5) is 19.5. The van der Waals surface area contributed by atoms with Crippen molar-refractivity contribution in [1.82, 2.24) is 19.9 Å². The normalized spacial score (nSPS) is 11.6. The smallest absolute Gasteiger partial charge is 0.164 e. The van der Waals surface area contributed by atoms with Crippen LogP contribution in [-0.4, -0.2) is 19.9 Å². The van der Waals surface area contributed by atoms with Crippen LogP contribution < -0.4 is 0 Å². The predicted octanol–water partition coefficient (Wildman–Crippen LogP) is 13.5. The predicted molar refractivity (Wildman–Crippen MR) is 230 cm³/mol. The Kier molecular flexibility index (Phi) is 7.60. The Morgan fingerprint density at radius 1 is 0.393 bits per heavy atom. The molecule has 0 fully saturated rings. The van der Waals surface area contributed by atoms with Gasteiger partial charge < -0.3 is 4.42 Å². The zero-order valence-electron chi connectivity index (χ0n) is 29.9. The van der Waals surface area contributed by atoms with Gasteiger partial charge in [-0.3, -0.25) is 4.98 Å². The minimum absolute atomic E-state index is 0.599. The molecule has 0 bridgehead atoms. The fourth-order valence-electron chi connectivity index (χ4n) is 7.78. The van der Waals surface area contributed by atoms with Crippen LogP contribution in [0.2, 0.25) is 0 Å². The average Bonchev–Trinajstić information content (AvgIpc) is 3.85. The quantitative estimate of drug-likeness (QED) is 0.170. The van der Waals surface area contributed by atoms with Gasteiger partial charge in [0.15, 0.2) is 17.5 Å². The maximum absolute atomic E-state index is 6.69. The van der Waals surface area contributed by atoms with E-state index in [4.69, 9.17) is 19.4 Å². The molecular weight excluding hydrogens is 705 g/mol. The summed E-state index contributed by atoms with van der Waals surface area (Å²) >= 11 is 1.84. The molecule has 0 unspecified atom stereocenters. The van der Waals surface area contributed by atoms with E-state index < -0.39 is 0 Å². The summed E-state index contributed by atoms with van der Waals surface area (Å²) in [7, 11) is 0. The summed E-state index contributed by atoms with van der Waals surface area (Å²) in [5.41, 5.74) is 10.9. The SMILES string of the molecule is c1ccc(-c2nc(-c3ccc(-c4ccc(-c5ccc6c(c5)sc5ccccc56)c5c4oc4ccccc45)cc3)nc(-c3ccccc3-c3cccnc3)n2)cc1. The Labute approximate surface area is 326 Å². The van der Waals surface area contributed by atoms with Crippen molar-refractivity contribution in [2.24, 2.45) is 0 Å². The molecule has 262 valence electrons. The van der Waals surface area contributed by atoms with Crippen molar-refractivity contribution < 1.29 is 4.42 Å². The van der Waals surface area contributed by atoms with Gasteiger partial charge in [0.25, 0.3) is 0 Å². The van der Waals surface area contributed by atoms with E-state index in [0.29, 0.717) is 17.5 Å². The van der Waals surface area contributed by atoms with Crippen LogP contribution in [0.5, 0.6) is 0 Å². The fraction of sp³-hybridized carbons (Fsp3) is 0. The summed E-state index contributed by atoms with van der Waals surface area (Å²) in [6, 6.07) is 58.9. The third-order valence-electron chi connectivity index (χ3n) is 10.5. The van der Waals surface area contributed by atoms with Gasteiger partial charge in [-0.1, -0.05) is 140 Å². The Morgan fingerprint density at radius 3 is 1.84 bits per heavy atom. The molecule has 4 aromatic heterocycles. The van der Waals surface area contributed by atoms with Crippen LogP contribution in [-0.2, 0) is 0 Å². The molecule has 11 aromatic rings. The highest BCUT2D eigenvalue weighted by Crippen LogP contribution is 2.44. The van der Waals surface area contributed by atoms with E-state index in [1.807, 2.05) is 72.1 Å². The first-order valence-electron chi connectivity index (χ1n) is 18.5. The Balaban J connectivity index is 1.03. The molecule has 0 aliphatic rings. The van der Waals surface area contributed by atoms with Crippen molar-refractivity contribution in [1.29, 1.82) is 0 Å². The first kappa shape index (κ1) is 32.2. The van der Waals surface area contributed by atoms with Gasteiger partial charge in [-0.05, 0) is 52.6 Å². The minimum Gasteiger partial charge on any atom is -0.455 e. The number of para-hydroxylation sites is 1. The summed E-state index contributed by atoms with van der Waals surface area (Å²) in [5, 5.41) is 4.81. The maximum Gasteiger partial charge on any atom is 0.164 e. The molecular formula is C50H30N4OS. The lowest BCUT2D eigenvalue weighted by atomic mass is 9.94. The zero-order valence-corrected chi connectivity index (χ0v) is 30.7. The van der Waals surface area contributed by atoms with Crippen LogP contribution in [0, 0.1) is 0 Å². The van der Waals surface area contributed by atoms with E-state index in [0.717, 1.165) is 66.4 Å². The van der Waals surface area contributed by atoms with Crippen LogP contribution in [0.4, 0.5) is 0 Å². The lowest BCUT2D eigenvalue weighted by Crippen LogP contribution is -2.01. The van der Waals surface area contributed by atoms with E-state index in [9.17, 15) is 0 Å². The first-order valence-corrected chi connectivity index (χ1v) is 19.3. The maximum atomic E-state index is 6.69. The van der Waals surface area contributed by atoms with E-state index in [1.165, 1.54) is 25.7 Å². The highest BCUT2D eigenvalue weighted by Gasteiger charge is 2.19. The van der Waals surface area contributed by atoms with Gasteiger partial charge in [-0.2, -0.15) is 0 Å². The lowest BCUT2D eigenvalue weighted by Gasteiger charge is -2.12. The molecule has 0 saturated carbocycles. The van der Waals surface area contributed by atoms with Crippen molar-refractivity contribution in [3.05, 3.63) is 182 Å². The second-order valence-electron chi connectivity index (χ2n) is 13.8. The standard InChI is InChI=1S/C50H30N4OS/c1-2-11-32(12-3-1)48-52-49(54-50(53-48)41-16-5-4-14-36(41)35-13-10-28-51-30-35)33-22-20-31(21-23-33)38-27-26-37(46-42-17-6-8-18-43(42)55-47(38)46)34-24-25-40-39-15-7-9-19-44(39)56-45(40)29-34/h1-30H. The number of thiophene rings is 1. The van der Waals surface area contributed by atoms with Crippen LogP contribution >= 0.6 is 11.3 Å². The number of benzene rings is 7. The summed E-state index contributed by atoms with van der Waals surface area (Å²) < 4.78 is 9.27. The average molecular weight is 735 g/mol. The molecule has 0 atom stereocenters. The largest absolute Gasteiger partial charge is 0.455 e. The summed E-state index contributed by atoms with van der Waals surface area (Å²) in [6.45, 7) is 0. The van der Waals surface area contributed by atoms with Crippen molar-refractivity contribution in [2.75, 3.05) is 0 Å². The number of hydrogen-bond acceptors (Lipinski definition) is 6. The molecule has 11 rings (SSSR count). The van der Waals surface area contributed by atoms with Crippen molar-refractivity contribution >= 4 is 53.4 Å². The topological polar surface area (TPSA) is 64.7 Å². The van der Waals surface area contributed by atoms with E-state index in [2.05, 4.69) is 120 Å². The second kappa shape index (κ2) is 13.2. The van der Waals surface area contributed by atoms with Gasteiger partial charge in [0.2, 0.25) is 0 Å². The van der Waals surface area contributed by atoms with Crippen LogP contribution in [0.3, 0.4) is 0 Å². The van der Waals surface area contributed by atoms with Crippen molar-refractivity contribution in [3.63, 3.8) is 0 Å². The summed E-state index contributed by atoms with van der Waals surface area (Å²) in [5.74, 6) is 1.82. The number of rotatable bonds is 6. The Hall–Kier alpha value is -7.28. The van der Waals surface area contributed by atoms with Gasteiger partial charge in [0.05, 0.1) is 0 Å². The monoisotopic (exact) mass is 734 g/mol. The molecule has 7 aromatic carbocycles. The molecule has 0 saturated heterocycles. The van der Waals surface area contributed by atoms with E-state index in [1.54, 1.807) is 6.20 Å². The molecule has 56 heavy (non-hydrogen) atoms. The lowest BCUT2D eigenvalue weighted by molar-refractivity contribution is 0.670. The van der Waals surface area contributed by atoms with E-state index >= 15 is 0 Å². The minimum atomic E-state index is 0.599. The third kappa shape index (κ3) is 5.46. The van der Waals surface area contributed by atoms with Crippen LogP contribution in [0.1, 0.15) is 0 Å². The second-order valence-corrected chi connectivity index (χ2v) is 14.9. The molecule has 5 nitrogen and oxygen atoms in total. The molecule has 0 amide bonds. The van der Waals surface area contributed by atoms with Crippen molar-refractivity contribution in [2.45, 2.75) is 0 Å².